The number of nitro benzene ring substituents is 1. The van der Waals surface area contributed by atoms with E-state index in [1.54, 1.807) is 0 Å². The molecule has 0 bridgehead atoms. The fraction of sp³-hybridized carbons (Fsp3) is 0.381. The molecule has 0 saturated carbocycles. The number of rotatable bonds is 6. The first-order valence-electron chi connectivity index (χ1n) is 9.71. The number of hydrogen-bond donors (Lipinski definition) is 1. The van der Waals surface area contributed by atoms with E-state index in [1.165, 1.54) is 25.1 Å². The molecule has 0 spiro atoms. The molecule has 0 unspecified atom stereocenters. The first-order valence-corrected chi connectivity index (χ1v) is 11.6. The number of carbonyl (C=O) groups excluding carboxylic acids is 1. The zero-order valence-electron chi connectivity index (χ0n) is 17.7. The number of ether oxygens (including phenoxy) is 1. The Kier molecular flexibility index (Phi) is 5.95. The van der Waals surface area contributed by atoms with Crippen molar-refractivity contribution in [2.45, 2.75) is 44.9 Å². The molecule has 0 aromatic heterocycles. The standard InChI is InChI=1S/C21H25N3O6S/c1-14(23(31(4,28)29)15-8-7-9-16(12-15)24(26)27)20(25)22-18-13-21(2,3)30-19-11-6-5-10-17(18)19/h5-12,14,18H,13H2,1-4H3,(H,22,25)/t14-,18+/m1/s1. The maximum atomic E-state index is 13.1. The number of fused-ring (bicyclic) bond motifs is 1. The van der Waals surface area contributed by atoms with E-state index in [0.29, 0.717) is 12.2 Å². The molecule has 2 aromatic carbocycles. The highest BCUT2D eigenvalue weighted by Crippen LogP contribution is 2.39. The second kappa shape index (κ2) is 8.18. The highest BCUT2D eigenvalue weighted by molar-refractivity contribution is 7.92. The van der Waals surface area contributed by atoms with Crippen molar-refractivity contribution >= 4 is 27.3 Å². The summed E-state index contributed by atoms with van der Waals surface area (Å²) >= 11 is 0. The lowest BCUT2D eigenvalue weighted by molar-refractivity contribution is -0.384. The van der Waals surface area contributed by atoms with E-state index in [0.717, 1.165) is 22.2 Å². The summed E-state index contributed by atoms with van der Waals surface area (Å²) in [5.74, 6) is 0.143. The van der Waals surface area contributed by atoms with Crippen molar-refractivity contribution in [3.8, 4) is 5.75 Å². The summed E-state index contributed by atoms with van der Waals surface area (Å²) in [7, 11) is -3.90. The van der Waals surface area contributed by atoms with Gasteiger partial charge in [-0.3, -0.25) is 19.2 Å². The summed E-state index contributed by atoms with van der Waals surface area (Å²) < 4.78 is 31.9. The first kappa shape index (κ1) is 22.5. The molecule has 10 heteroatoms. The molecule has 31 heavy (non-hydrogen) atoms. The van der Waals surface area contributed by atoms with Gasteiger partial charge in [-0.05, 0) is 32.9 Å². The highest BCUT2D eigenvalue weighted by Gasteiger charge is 2.37. The van der Waals surface area contributed by atoms with Gasteiger partial charge in [-0.1, -0.05) is 24.3 Å². The van der Waals surface area contributed by atoms with Crippen LogP contribution >= 0.6 is 0 Å². The maximum absolute atomic E-state index is 13.1. The number of amides is 1. The van der Waals surface area contributed by atoms with Crippen LogP contribution in [0, 0.1) is 10.1 Å². The van der Waals surface area contributed by atoms with Crippen LogP contribution in [0.4, 0.5) is 11.4 Å². The van der Waals surface area contributed by atoms with Gasteiger partial charge in [-0.2, -0.15) is 0 Å². The summed E-state index contributed by atoms with van der Waals surface area (Å²) in [4.78, 5) is 23.6. The van der Waals surface area contributed by atoms with Gasteiger partial charge in [-0.15, -0.1) is 0 Å². The Labute approximate surface area is 181 Å². The van der Waals surface area contributed by atoms with Gasteiger partial charge in [-0.25, -0.2) is 8.42 Å². The number of nitro groups is 1. The molecule has 2 atom stereocenters. The Bertz CT molecular complexity index is 1120. The van der Waals surface area contributed by atoms with Crippen molar-refractivity contribution in [1.82, 2.24) is 5.32 Å². The third-order valence-corrected chi connectivity index (χ3v) is 6.32. The van der Waals surface area contributed by atoms with Crippen LogP contribution in [-0.2, 0) is 14.8 Å². The molecule has 9 nitrogen and oxygen atoms in total. The largest absolute Gasteiger partial charge is 0.487 e. The summed E-state index contributed by atoms with van der Waals surface area (Å²) in [5, 5.41) is 14.0. The van der Waals surface area contributed by atoms with Crippen LogP contribution in [0.25, 0.3) is 0 Å². The Morgan fingerprint density at radius 1 is 1.26 bits per heavy atom. The molecular weight excluding hydrogens is 422 g/mol. The third-order valence-electron chi connectivity index (χ3n) is 5.08. The van der Waals surface area contributed by atoms with Crippen LogP contribution < -0.4 is 14.4 Å². The molecular formula is C21H25N3O6S. The minimum Gasteiger partial charge on any atom is -0.487 e. The van der Waals surface area contributed by atoms with Crippen molar-refractivity contribution in [2.24, 2.45) is 0 Å². The van der Waals surface area contributed by atoms with E-state index in [-0.39, 0.29) is 17.4 Å². The Hall–Kier alpha value is -3.14. The predicted molar refractivity (Wildman–Crippen MR) is 117 cm³/mol. The number of nitrogens with zero attached hydrogens (tertiary/aromatic N) is 2. The van der Waals surface area contributed by atoms with E-state index in [4.69, 9.17) is 4.74 Å². The molecule has 1 aliphatic rings. The van der Waals surface area contributed by atoms with Gasteiger partial charge in [0.05, 0.1) is 22.9 Å². The Morgan fingerprint density at radius 2 is 1.94 bits per heavy atom. The number of nitrogens with one attached hydrogen (secondary N) is 1. The summed E-state index contributed by atoms with van der Waals surface area (Å²) in [6.45, 7) is 5.28. The van der Waals surface area contributed by atoms with Crippen molar-refractivity contribution < 1.29 is 22.9 Å². The zero-order chi connectivity index (χ0) is 23.0. The lowest BCUT2D eigenvalue weighted by Crippen LogP contribution is -2.50. The van der Waals surface area contributed by atoms with Gasteiger partial charge in [0.25, 0.3) is 5.69 Å². The van der Waals surface area contributed by atoms with Crippen LogP contribution in [0.5, 0.6) is 5.75 Å². The van der Waals surface area contributed by atoms with Crippen LogP contribution in [0.2, 0.25) is 0 Å². The molecule has 1 N–H and O–H groups in total. The lowest BCUT2D eigenvalue weighted by atomic mass is 9.89. The normalized spacial score (nSPS) is 18.3. The van der Waals surface area contributed by atoms with Crippen molar-refractivity contribution in [2.75, 3.05) is 10.6 Å². The molecule has 1 amide bonds. The van der Waals surface area contributed by atoms with Crippen LogP contribution in [0.3, 0.4) is 0 Å². The molecule has 3 rings (SSSR count). The van der Waals surface area contributed by atoms with Gasteiger partial charge in [0.15, 0.2) is 0 Å². The van der Waals surface area contributed by atoms with Gasteiger partial charge >= 0.3 is 0 Å². The van der Waals surface area contributed by atoms with E-state index in [1.807, 2.05) is 38.1 Å². The average Bonchev–Trinajstić information content (AvgIpc) is 2.66. The van der Waals surface area contributed by atoms with E-state index >= 15 is 0 Å². The number of para-hydroxylation sites is 1. The number of sulfonamides is 1. The molecule has 2 aromatic rings. The second-order valence-corrected chi connectivity index (χ2v) is 10.0. The fourth-order valence-corrected chi connectivity index (χ4v) is 4.94. The van der Waals surface area contributed by atoms with E-state index in [2.05, 4.69) is 5.32 Å². The van der Waals surface area contributed by atoms with Gasteiger partial charge in [0, 0.05) is 24.1 Å². The molecule has 0 fully saturated rings. The summed E-state index contributed by atoms with van der Waals surface area (Å²) in [5.41, 5.74) is 0.0705. The highest BCUT2D eigenvalue weighted by atomic mass is 32.2. The van der Waals surface area contributed by atoms with E-state index in [9.17, 15) is 23.3 Å². The number of anilines is 1. The SMILES string of the molecule is C[C@H](C(=O)N[C@H]1CC(C)(C)Oc2ccccc21)N(c1cccc([N+](=O)[O-])c1)S(C)(=O)=O. The van der Waals surface area contributed by atoms with Crippen molar-refractivity contribution in [3.05, 3.63) is 64.2 Å². The molecule has 0 saturated heterocycles. The topological polar surface area (TPSA) is 119 Å². The Morgan fingerprint density at radius 3 is 2.58 bits per heavy atom. The number of non-ortho nitro benzene ring substituents is 1. The van der Waals surface area contributed by atoms with Gasteiger partial charge in [0.1, 0.15) is 17.4 Å². The first-order chi connectivity index (χ1) is 14.4. The molecule has 0 radical (unpaired) electrons. The lowest BCUT2D eigenvalue weighted by Gasteiger charge is -2.38. The quantitative estimate of drug-likeness (QED) is 0.537. The smallest absolute Gasteiger partial charge is 0.271 e. The van der Waals surface area contributed by atoms with E-state index < -0.39 is 32.5 Å². The maximum Gasteiger partial charge on any atom is 0.271 e. The monoisotopic (exact) mass is 447 g/mol. The van der Waals surface area contributed by atoms with Gasteiger partial charge < -0.3 is 10.1 Å². The molecule has 166 valence electrons. The number of benzene rings is 2. The minimum absolute atomic E-state index is 0.0482. The van der Waals surface area contributed by atoms with Crippen molar-refractivity contribution in [3.63, 3.8) is 0 Å². The van der Waals surface area contributed by atoms with Crippen LogP contribution in [0.1, 0.15) is 38.8 Å². The predicted octanol–water partition coefficient (Wildman–Crippen LogP) is 3.17. The van der Waals surface area contributed by atoms with Crippen molar-refractivity contribution in [1.29, 1.82) is 0 Å². The van der Waals surface area contributed by atoms with Gasteiger partial charge in [0.2, 0.25) is 15.9 Å². The zero-order valence-corrected chi connectivity index (χ0v) is 18.5. The number of carbonyl (C=O) groups is 1. The van der Waals surface area contributed by atoms with Crippen LogP contribution in [0.15, 0.2) is 48.5 Å². The molecule has 0 aliphatic carbocycles. The molecule has 1 aliphatic heterocycles. The second-order valence-electron chi connectivity index (χ2n) is 8.18. The Balaban J connectivity index is 1.91. The average molecular weight is 448 g/mol. The minimum atomic E-state index is -3.90. The number of hydrogen-bond acceptors (Lipinski definition) is 6. The summed E-state index contributed by atoms with van der Waals surface area (Å²) in [6.07, 6.45) is 1.46. The van der Waals surface area contributed by atoms with Crippen LogP contribution in [-0.4, -0.2) is 37.1 Å². The molecule has 1 heterocycles. The summed E-state index contributed by atoms with van der Waals surface area (Å²) in [6, 6.07) is 11.1. The third kappa shape index (κ3) is 4.96. The fourth-order valence-electron chi connectivity index (χ4n) is 3.78.